The molecule has 0 fully saturated rings. The fourth-order valence-electron chi connectivity index (χ4n) is 1.26. The van der Waals surface area contributed by atoms with Crippen molar-refractivity contribution in [1.29, 1.82) is 5.41 Å². The van der Waals surface area contributed by atoms with Crippen LogP contribution < -0.4 is 0 Å². The first-order valence-electron chi connectivity index (χ1n) is 5.73. The standard InChI is InChI=1S/C15H19NO/c1-15(2,3)14(17)11-13(16)10-9-12-7-5-4-6-8-12/h4-10,16H,11H2,1-3H3/b10-9+,16-13?. The first-order valence-corrected chi connectivity index (χ1v) is 5.73. The molecule has 0 atom stereocenters. The molecule has 17 heavy (non-hydrogen) atoms. The molecule has 1 aromatic carbocycles. The monoisotopic (exact) mass is 229 g/mol. The normalized spacial score (nSPS) is 11.7. The van der Waals surface area contributed by atoms with Crippen molar-refractivity contribution in [3.05, 3.63) is 42.0 Å². The van der Waals surface area contributed by atoms with Gasteiger partial charge < -0.3 is 5.41 Å². The molecule has 0 spiro atoms. The van der Waals surface area contributed by atoms with E-state index in [0.29, 0.717) is 5.71 Å². The Bertz CT molecular complexity index is 424. The predicted molar refractivity (Wildman–Crippen MR) is 72.3 cm³/mol. The first-order chi connectivity index (χ1) is 7.89. The van der Waals surface area contributed by atoms with Crippen molar-refractivity contribution in [3.8, 4) is 0 Å². The first kappa shape index (κ1) is 13.4. The molecule has 0 radical (unpaired) electrons. The lowest BCUT2D eigenvalue weighted by molar-refractivity contribution is -0.125. The van der Waals surface area contributed by atoms with Crippen LogP contribution in [0.15, 0.2) is 36.4 Å². The highest BCUT2D eigenvalue weighted by Gasteiger charge is 2.21. The minimum Gasteiger partial charge on any atom is -0.305 e. The van der Waals surface area contributed by atoms with Crippen LogP contribution in [0.4, 0.5) is 0 Å². The third-order valence-corrected chi connectivity index (χ3v) is 2.46. The summed E-state index contributed by atoms with van der Waals surface area (Å²) in [4.78, 5) is 11.7. The van der Waals surface area contributed by atoms with Gasteiger partial charge in [-0.25, -0.2) is 0 Å². The van der Waals surface area contributed by atoms with E-state index in [9.17, 15) is 4.79 Å². The van der Waals surface area contributed by atoms with E-state index in [1.165, 1.54) is 0 Å². The molecule has 0 aliphatic rings. The van der Waals surface area contributed by atoms with Crippen molar-refractivity contribution in [2.45, 2.75) is 27.2 Å². The molecule has 0 aromatic heterocycles. The van der Waals surface area contributed by atoms with Gasteiger partial charge in [-0.15, -0.1) is 0 Å². The lowest BCUT2D eigenvalue weighted by Gasteiger charge is -2.15. The van der Waals surface area contributed by atoms with Crippen molar-refractivity contribution >= 4 is 17.6 Å². The molecular formula is C15H19NO. The second kappa shape index (κ2) is 5.58. The Morgan fingerprint density at radius 3 is 2.35 bits per heavy atom. The summed E-state index contributed by atoms with van der Waals surface area (Å²) in [6.45, 7) is 5.64. The lowest BCUT2D eigenvalue weighted by atomic mass is 9.88. The lowest BCUT2D eigenvalue weighted by Crippen LogP contribution is -2.22. The van der Waals surface area contributed by atoms with Gasteiger partial charge in [0.05, 0.1) is 0 Å². The summed E-state index contributed by atoms with van der Waals surface area (Å²) in [6.07, 6.45) is 3.75. The van der Waals surface area contributed by atoms with Crippen LogP contribution in [0, 0.1) is 10.8 Å². The molecule has 2 nitrogen and oxygen atoms in total. The maximum Gasteiger partial charge on any atom is 0.144 e. The molecule has 90 valence electrons. The highest BCUT2D eigenvalue weighted by atomic mass is 16.1. The van der Waals surface area contributed by atoms with Crippen LogP contribution in [0.3, 0.4) is 0 Å². The molecule has 0 saturated heterocycles. The van der Waals surface area contributed by atoms with E-state index in [0.717, 1.165) is 5.56 Å². The van der Waals surface area contributed by atoms with E-state index in [4.69, 9.17) is 5.41 Å². The molecule has 1 aromatic rings. The van der Waals surface area contributed by atoms with Crippen LogP contribution in [-0.2, 0) is 4.79 Å². The van der Waals surface area contributed by atoms with Crippen LogP contribution >= 0.6 is 0 Å². The van der Waals surface area contributed by atoms with Crippen LogP contribution in [0.2, 0.25) is 0 Å². The number of carbonyl (C=O) groups is 1. The average Bonchev–Trinajstić information content (AvgIpc) is 2.26. The van der Waals surface area contributed by atoms with E-state index in [1.54, 1.807) is 6.08 Å². The van der Waals surface area contributed by atoms with Crippen molar-refractivity contribution in [2.24, 2.45) is 5.41 Å². The minimum absolute atomic E-state index is 0.0974. The van der Waals surface area contributed by atoms with Gasteiger partial charge in [0, 0.05) is 17.5 Å². The van der Waals surface area contributed by atoms with Gasteiger partial charge in [0.1, 0.15) is 5.78 Å². The SMILES string of the molecule is CC(C)(C)C(=O)CC(=N)/C=C/c1ccccc1. The number of benzene rings is 1. The van der Waals surface area contributed by atoms with E-state index in [2.05, 4.69) is 0 Å². The molecule has 0 heterocycles. The quantitative estimate of drug-likeness (QED) is 0.785. The largest absolute Gasteiger partial charge is 0.305 e. The summed E-state index contributed by atoms with van der Waals surface area (Å²) in [6, 6.07) is 9.78. The van der Waals surface area contributed by atoms with Gasteiger partial charge in [0.25, 0.3) is 0 Å². The van der Waals surface area contributed by atoms with Crippen LogP contribution in [0.5, 0.6) is 0 Å². The summed E-state index contributed by atoms with van der Waals surface area (Å²) in [5, 5.41) is 7.74. The summed E-state index contributed by atoms with van der Waals surface area (Å²) >= 11 is 0. The minimum atomic E-state index is -0.368. The Balaban J connectivity index is 2.57. The highest BCUT2D eigenvalue weighted by molar-refractivity contribution is 6.09. The van der Waals surface area contributed by atoms with Gasteiger partial charge in [0.2, 0.25) is 0 Å². The van der Waals surface area contributed by atoms with Crippen molar-refractivity contribution < 1.29 is 4.79 Å². The average molecular weight is 229 g/mol. The fraction of sp³-hybridized carbons (Fsp3) is 0.333. The van der Waals surface area contributed by atoms with Gasteiger partial charge >= 0.3 is 0 Å². The second-order valence-electron chi connectivity index (χ2n) is 5.12. The molecule has 0 bridgehead atoms. The Morgan fingerprint density at radius 2 is 1.82 bits per heavy atom. The number of Topliss-reactive ketones (excluding diaryl/α,β-unsaturated/α-hetero) is 1. The number of nitrogens with one attached hydrogen (secondary N) is 1. The molecule has 2 heteroatoms. The summed E-state index contributed by atoms with van der Waals surface area (Å²) in [5.74, 6) is 0.0974. The number of carbonyl (C=O) groups excluding carboxylic acids is 1. The number of ketones is 1. The zero-order valence-electron chi connectivity index (χ0n) is 10.7. The van der Waals surface area contributed by atoms with Gasteiger partial charge in [-0.2, -0.15) is 0 Å². The zero-order valence-corrected chi connectivity index (χ0v) is 10.7. The number of hydrogen-bond donors (Lipinski definition) is 1. The topological polar surface area (TPSA) is 40.9 Å². The maximum absolute atomic E-state index is 11.7. The zero-order chi connectivity index (χ0) is 12.9. The molecule has 0 aliphatic heterocycles. The smallest absolute Gasteiger partial charge is 0.144 e. The van der Waals surface area contributed by atoms with E-state index < -0.39 is 0 Å². The van der Waals surface area contributed by atoms with E-state index in [1.807, 2.05) is 57.2 Å². The van der Waals surface area contributed by atoms with Crippen molar-refractivity contribution in [2.75, 3.05) is 0 Å². The number of hydrogen-bond acceptors (Lipinski definition) is 2. The van der Waals surface area contributed by atoms with Crippen molar-refractivity contribution in [1.82, 2.24) is 0 Å². The molecule has 0 unspecified atom stereocenters. The van der Waals surface area contributed by atoms with Gasteiger partial charge in [-0.3, -0.25) is 4.79 Å². The fourth-order valence-corrected chi connectivity index (χ4v) is 1.26. The Morgan fingerprint density at radius 1 is 1.24 bits per heavy atom. The van der Waals surface area contributed by atoms with Gasteiger partial charge in [0.15, 0.2) is 0 Å². The van der Waals surface area contributed by atoms with Crippen LogP contribution in [0.25, 0.3) is 6.08 Å². The second-order valence-corrected chi connectivity index (χ2v) is 5.12. The van der Waals surface area contributed by atoms with E-state index >= 15 is 0 Å². The molecule has 1 N–H and O–H groups in total. The predicted octanol–water partition coefficient (Wildman–Crippen LogP) is 3.72. The van der Waals surface area contributed by atoms with Gasteiger partial charge in [-0.05, 0) is 11.6 Å². The highest BCUT2D eigenvalue weighted by Crippen LogP contribution is 2.17. The number of allylic oxidation sites excluding steroid dienone is 1. The van der Waals surface area contributed by atoms with Crippen LogP contribution in [-0.4, -0.2) is 11.5 Å². The molecular weight excluding hydrogens is 210 g/mol. The summed E-state index contributed by atoms with van der Waals surface area (Å²) < 4.78 is 0. The third kappa shape index (κ3) is 4.77. The van der Waals surface area contributed by atoms with Crippen LogP contribution in [0.1, 0.15) is 32.8 Å². The Hall–Kier alpha value is -1.70. The summed E-state index contributed by atoms with van der Waals surface area (Å²) in [7, 11) is 0. The Kier molecular flexibility index (Phi) is 4.38. The Labute approximate surface area is 103 Å². The molecule has 0 saturated carbocycles. The maximum atomic E-state index is 11.7. The third-order valence-electron chi connectivity index (χ3n) is 2.46. The number of rotatable bonds is 4. The molecule has 0 aliphatic carbocycles. The van der Waals surface area contributed by atoms with E-state index in [-0.39, 0.29) is 17.6 Å². The van der Waals surface area contributed by atoms with Gasteiger partial charge in [-0.1, -0.05) is 57.2 Å². The molecule has 1 rings (SSSR count). The summed E-state index contributed by atoms with van der Waals surface area (Å²) in [5.41, 5.74) is 1.03. The van der Waals surface area contributed by atoms with Crippen molar-refractivity contribution in [3.63, 3.8) is 0 Å². The molecule has 0 amide bonds.